The van der Waals surface area contributed by atoms with E-state index < -0.39 is 0 Å². The number of anilines is 2. The van der Waals surface area contributed by atoms with Crippen molar-refractivity contribution in [3.8, 4) is 5.75 Å². The van der Waals surface area contributed by atoms with Crippen LogP contribution >= 0.6 is 27.5 Å². The summed E-state index contributed by atoms with van der Waals surface area (Å²) in [7, 11) is 0. The molecule has 0 saturated heterocycles. The quantitative estimate of drug-likeness (QED) is 0.822. The molecule has 0 aliphatic rings. The van der Waals surface area contributed by atoms with E-state index in [4.69, 9.17) is 22.1 Å². The number of nitrogens with two attached hydrogens (primary N) is 1. The molecule has 1 amide bonds. The Balaban J connectivity index is 1.96. The van der Waals surface area contributed by atoms with Gasteiger partial charge >= 0.3 is 0 Å². The molecule has 0 aliphatic carbocycles. The zero-order valence-corrected chi connectivity index (χ0v) is 12.7. The number of rotatable bonds is 4. The maximum atomic E-state index is 11.8. The number of halogens is 2. The Morgan fingerprint density at radius 2 is 2.05 bits per heavy atom. The zero-order chi connectivity index (χ0) is 14.5. The van der Waals surface area contributed by atoms with Gasteiger partial charge in [-0.05, 0) is 30.3 Å². The lowest BCUT2D eigenvalue weighted by atomic mass is 10.3. The Hall–Kier alpha value is -1.72. The van der Waals surface area contributed by atoms with Crippen molar-refractivity contribution < 1.29 is 9.53 Å². The first-order valence-corrected chi connectivity index (χ1v) is 6.95. The van der Waals surface area contributed by atoms with Crippen LogP contribution < -0.4 is 15.8 Å². The predicted octanol–water partition coefficient (Wildman–Crippen LogP) is 3.70. The van der Waals surface area contributed by atoms with Crippen molar-refractivity contribution in [1.29, 1.82) is 0 Å². The van der Waals surface area contributed by atoms with E-state index in [9.17, 15) is 4.79 Å². The lowest BCUT2D eigenvalue weighted by molar-refractivity contribution is -0.118. The Kier molecular flexibility index (Phi) is 4.87. The van der Waals surface area contributed by atoms with Crippen LogP contribution in [0.25, 0.3) is 0 Å². The van der Waals surface area contributed by atoms with Gasteiger partial charge in [0, 0.05) is 4.47 Å². The number of amides is 1. The van der Waals surface area contributed by atoms with Crippen LogP contribution in [-0.4, -0.2) is 12.5 Å². The fourth-order valence-electron chi connectivity index (χ4n) is 1.53. The summed E-state index contributed by atoms with van der Waals surface area (Å²) in [6, 6.07) is 12.2. The van der Waals surface area contributed by atoms with Crippen molar-refractivity contribution in [2.24, 2.45) is 0 Å². The maximum absolute atomic E-state index is 11.8. The molecule has 104 valence electrons. The number of ether oxygens (including phenoxy) is 1. The lowest BCUT2D eigenvalue weighted by Crippen LogP contribution is -2.20. The van der Waals surface area contributed by atoms with Gasteiger partial charge in [-0.15, -0.1) is 0 Å². The highest BCUT2D eigenvalue weighted by Gasteiger charge is 2.08. The first-order chi connectivity index (χ1) is 9.56. The van der Waals surface area contributed by atoms with E-state index in [1.165, 1.54) is 0 Å². The fourth-order valence-corrected chi connectivity index (χ4v) is 2.06. The molecule has 2 aromatic carbocycles. The van der Waals surface area contributed by atoms with Crippen molar-refractivity contribution >= 4 is 44.8 Å². The third kappa shape index (κ3) is 3.88. The normalized spacial score (nSPS) is 10.1. The van der Waals surface area contributed by atoms with Crippen LogP contribution in [0.2, 0.25) is 5.02 Å². The predicted molar refractivity (Wildman–Crippen MR) is 84.1 cm³/mol. The van der Waals surface area contributed by atoms with Gasteiger partial charge < -0.3 is 15.8 Å². The minimum absolute atomic E-state index is 0.142. The van der Waals surface area contributed by atoms with Crippen LogP contribution in [0.3, 0.4) is 0 Å². The fraction of sp³-hybridized carbons (Fsp3) is 0.0714. The molecule has 3 N–H and O–H groups in total. The highest BCUT2D eigenvalue weighted by Crippen LogP contribution is 2.25. The summed E-state index contributed by atoms with van der Waals surface area (Å²) in [6.45, 7) is -0.142. The van der Waals surface area contributed by atoms with Gasteiger partial charge in [0.05, 0.1) is 16.4 Å². The molecule has 2 rings (SSSR count). The third-order valence-corrected chi connectivity index (χ3v) is 3.30. The number of benzene rings is 2. The minimum Gasteiger partial charge on any atom is -0.482 e. The summed E-state index contributed by atoms with van der Waals surface area (Å²) in [5.41, 5.74) is 6.73. The molecule has 0 saturated carbocycles. The molecule has 0 aliphatic heterocycles. The summed E-state index contributed by atoms with van der Waals surface area (Å²) in [5.74, 6) is 0.163. The van der Waals surface area contributed by atoms with Crippen molar-refractivity contribution in [1.82, 2.24) is 0 Å². The number of carbonyl (C=O) groups is 1. The van der Waals surface area contributed by atoms with Gasteiger partial charge in [-0.3, -0.25) is 4.79 Å². The maximum Gasteiger partial charge on any atom is 0.262 e. The van der Waals surface area contributed by atoms with Gasteiger partial charge in [0.2, 0.25) is 0 Å². The van der Waals surface area contributed by atoms with E-state index in [-0.39, 0.29) is 12.5 Å². The Morgan fingerprint density at radius 1 is 1.30 bits per heavy atom. The summed E-state index contributed by atoms with van der Waals surface area (Å²) >= 11 is 9.30. The molecule has 20 heavy (non-hydrogen) atoms. The molecule has 0 bridgehead atoms. The number of nitrogens with one attached hydrogen (secondary N) is 1. The molecule has 0 radical (unpaired) electrons. The van der Waals surface area contributed by atoms with E-state index in [1.54, 1.807) is 42.5 Å². The standard InChI is InChI=1S/C14H12BrClN2O2/c15-9-5-6-10(16)12(7-9)18-14(19)8-20-13-4-2-1-3-11(13)17/h1-7H,8,17H2,(H,18,19). The van der Waals surface area contributed by atoms with Gasteiger partial charge in [0.1, 0.15) is 5.75 Å². The second-order valence-electron chi connectivity index (χ2n) is 4.00. The molecule has 0 aromatic heterocycles. The van der Waals surface area contributed by atoms with Gasteiger partial charge in [-0.1, -0.05) is 39.7 Å². The van der Waals surface area contributed by atoms with Crippen LogP contribution in [-0.2, 0) is 4.79 Å². The topological polar surface area (TPSA) is 64.3 Å². The molecule has 0 atom stereocenters. The van der Waals surface area contributed by atoms with E-state index >= 15 is 0 Å². The molecule has 0 unspecified atom stereocenters. The SMILES string of the molecule is Nc1ccccc1OCC(=O)Nc1cc(Br)ccc1Cl. The number of nitrogen functional groups attached to an aromatic ring is 1. The number of hydrogen-bond donors (Lipinski definition) is 2. The van der Waals surface area contributed by atoms with Crippen LogP contribution in [0.15, 0.2) is 46.9 Å². The molecule has 4 nitrogen and oxygen atoms in total. The van der Waals surface area contributed by atoms with E-state index in [0.717, 1.165) is 4.47 Å². The number of para-hydroxylation sites is 2. The van der Waals surface area contributed by atoms with E-state index in [1.807, 2.05) is 0 Å². The third-order valence-electron chi connectivity index (χ3n) is 2.48. The van der Waals surface area contributed by atoms with Crippen molar-refractivity contribution in [3.63, 3.8) is 0 Å². The molecule has 0 spiro atoms. The molecule has 0 fully saturated rings. The van der Waals surface area contributed by atoms with Gasteiger partial charge in [0.25, 0.3) is 5.91 Å². The number of carbonyl (C=O) groups excluding carboxylic acids is 1. The molecule has 6 heteroatoms. The van der Waals surface area contributed by atoms with Crippen molar-refractivity contribution in [2.75, 3.05) is 17.7 Å². The molecular weight excluding hydrogens is 344 g/mol. The monoisotopic (exact) mass is 354 g/mol. The van der Waals surface area contributed by atoms with Gasteiger partial charge in [-0.2, -0.15) is 0 Å². The van der Waals surface area contributed by atoms with Gasteiger partial charge in [0.15, 0.2) is 6.61 Å². The second-order valence-corrected chi connectivity index (χ2v) is 5.32. The lowest BCUT2D eigenvalue weighted by Gasteiger charge is -2.10. The smallest absolute Gasteiger partial charge is 0.262 e. The highest BCUT2D eigenvalue weighted by atomic mass is 79.9. The second kappa shape index (κ2) is 6.63. The number of hydrogen-bond acceptors (Lipinski definition) is 3. The Bertz CT molecular complexity index is 634. The summed E-state index contributed by atoms with van der Waals surface area (Å²) in [5, 5.41) is 3.13. The van der Waals surface area contributed by atoms with Crippen LogP contribution in [0.1, 0.15) is 0 Å². The summed E-state index contributed by atoms with van der Waals surface area (Å²) in [4.78, 5) is 11.8. The van der Waals surface area contributed by atoms with Crippen LogP contribution in [0.4, 0.5) is 11.4 Å². The molecule has 2 aromatic rings. The van der Waals surface area contributed by atoms with E-state index in [0.29, 0.717) is 22.1 Å². The van der Waals surface area contributed by atoms with Crippen molar-refractivity contribution in [3.05, 3.63) is 52.0 Å². The zero-order valence-electron chi connectivity index (χ0n) is 10.4. The Labute approximate surface area is 130 Å². The molecule has 0 heterocycles. The van der Waals surface area contributed by atoms with E-state index in [2.05, 4.69) is 21.2 Å². The average Bonchev–Trinajstić information content (AvgIpc) is 2.42. The highest BCUT2D eigenvalue weighted by molar-refractivity contribution is 9.10. The van der Waals surface area contributed by atoms with Crippen LogP contribution in [0, 0.1) is 0 Å². The van der Waals surface area contributed by atoms with Crippen LogP contribution in [0.5, 0.6) is 5.75 Å². The summed E-state index contributed by atoms with van der Waals surface area (Å²) < 4.78 is 6.17. The first-order valence-electron chi connectivity index (χ1n) is 5.78. The largest absolute Gasteiger partial charge is 0.482 e. The first kappa shape index (κ1) is 14.7. The van der Waals surface area contributed by atoms with Gasteiger partial charge in [-0.25, -0.2) is 0 Å². The Morgan fingerprint density at radius 3 is 2.80 bits per heavy atom. The minimum atomic E-state index is -0.312. The average molecular weight is 356 g/mol. The molecular formula is C14H12BrClN2O2. The van der Waals surface area contributed by atoms with Crippen molar-refractivity contribution in [2.45, 2.75) is 0 Å². The summed E-state index contributed by atoms with van der Waals surface area (Å²) in [6.07, 6.45) is 0.